The van der Waals surface area contributed by atoms with Crippen LogP contribution in [0.25, 0.3) is 0 Å². The Morgan fingerprint density at radius 2 is 2.46 bits per heavy atom. The second-order valence-electron chi connectivity index (χ2n) is 2.77. The number of rotatable bonds is 3. The van der Waals surface area contributed by atoms with E-state index >= 15 is 0 Å². The third-order valence-corrected chi connectivity index (χ3v) is 1.77. The van der Waals surface area contributed by atoms with Crippen molar-refractivity contribution in [3.8, 4) is 6.07 Å². The summed E-state index contributed by atoms with van der Waals surface area (Å²) in [5.74, 6) is 0. The Labute approximate surface area is 76.5 Å². The first-order valence-electron chi connectivity index (χ1n) is 4.24. The van der Waals surface area contributed by atoms with Crippen molar-refractivity contribution >= 4 is 0 Å². The van der Waals surface area contributed by atoms with Gasteiger partial charge in [0.2, 0.25) is 0 Å². The van der Waals surface area contributed by atoms with E-state index in [2.05, 4.69) is 4.98 Å². The van der Waals surface area contributed by atoms with E-state index in [9.17, 15) is 4.79 Å². The van der Waals surface area contributed by atoms with Crippen LogP contribution in [0.2, 0.25) is 0 Å². The molecule has 68 valence electrons. The first-order valence-corrected chi connectivity index (χ1v) is 4.24. The SMILES string of the molecule is CCCCn1cncc(C#N)c1=O. The van der Waals surface area contributed by atoms with Crippen LogP contribution in [0.4, 0.5) is 0 Å². The topological polar surface area (TPSA) is 58.7 Å². The third-order valence-electron chi connectivity index (χ3n) is 1.77. The molecule has 0 unspecified atom stereocenters. The van der Waals surface area contributed by atoms with Crippen LogP contribution in [0.15, 0.2) is 17.3 Å². The minimum atomic E-state index is -0.244. The van der Waals surface area contributed by atoms with Gasteiger partial charge in [0.15, 0.2) is 0 Å². The van der Waals surface area contributed by atoms with Gasteiger partial charge in [0.05, 0.1) is 12.5 Å². The zero-order valence-electron chi connectivity index (χ0n) is 7.53. The second-order valence-corrected chi connectivity index (χ2v) is 2.77. The van der Waals surface area contributed by atoms with Gasteiger partial charge in [-0.15, -0.1) is 0 Å². The average molecular weight is 177 g/mol. The zero-order valence-corrected chi connectivity index (χ0v) is 7.53. The summed E-state index contributed by atoms with van der Waals surface area (Å²) in [7, 11) is 0. The molecule has 0 aliphatic rings. The van der Waals surface area contributed by atoms with Gasteiger partial charge in [-0.1, -0.05) is 13.3 Å². The average Bonchev–Trinajstić information content (AvgIpc) is 2.16. The van der Waals surface area contributed by atoms with Crippen LogP contribution in [-0.2, 0) is 6.54 Å². The zero-order chi connectivity index (χ0) is 9.68. The molecule has 1 heterocycles. The lowest BCUT2D eigenvalue weighted by Crippen LogP contribution is -2.22. The number of unbranched alkanes of at least 4 members (excludes halogenated alkanes) is 1. The van der Waals surface area contributed by atoms with Crippen molar-refractivity contribution in [1.82, 2.24) is 9.55 Å². The lowest BCUT2D eigenvalue weighted by atomic mass is 10.3. The number of hydrogen-bond donors (Lipinski definition) is 0. The predicted molar refractivity (Wildman–Crippen MR) is 48.1 cm³/mol. The summed E-state index contributed by atoms with van der Waals surface area (Å²) in [6.45, 7) is 2.68. The summed E-state index contributed by atoms with van der Waals surface area (Å²) in [4.78, 5) is 15.2. The van der Waals surface area contributed by atoms with Crippen molar-refractivity contribution in [3.63, 3.8) is 0 Å². The summed E-state index contributed by atoms with van der Waals surface area (Å²) >= 11 is 0. The van der Waals surface area contributed by atoms with Gasteiger partial charge in [0, 0.05) is 6.54 Å². The highest BCUT2D eigenvalue weighted by molar-refractivity contribution is 5.21. The summed E-state index contributed by atoms with van der Waals surface area (Å²) in [6, 6.07) is 1.82. The Balaban J connectivity index is 2.97. The summed E-state index contributed by atoms with van der Waals surface area (Å²) in [5, 5.41) is 8.56. The molecular weight excluding hydrogens is 166 g/mol. The molecule has 0 bridgehead atoms. The fourth-order valence-electron chi connectivity index (χ4n) is 1.02. The summed E-state index contributed by atoms with van der Waals surface area (Å²) in [5.41, 5.74) is -0.135. The molecule has 1 aromatic heterocycles. The maximum atomic E-state index is 11.4. The Kier molecular flexibility index (Phi) is 3.21. The lowest BCUT2D eigenvalue weighted by molar-refractivity contribution is 0.601. The molecule has 0 atom stereocenters. The molecule has 4 nitrogen and oxygen atoms in total. The Bertz CT molecular complexity index is 375. The first-order chi connectivity index (χ1) is 6.29. The van der Waals surface area contributed by atoms with Gasteiger partial charge in [0.25, 0.3) is 5.56 Å². The van der Waals surface area contributed by atoms with Crippen molar-refractivity contribution < 1.29 is 0 Å². The van der Waals surface area contributed by atoms with Crippen molar-refractivity contribution in [2.45, 2.75) is 26.3 Å². The van der Waals surface area contributed by atoms with E-state index in [0.29, 0.717) is 6.54 Å². The normalized spacial score (nSPS) is 9.54. The Morgan fingerprint density at radius 3 is 3.08 bits per heavy atom. The number of aromatic nitrogens is 2. The van der Waals surface area contributed by atoms with E-state index in [4.69, 9.17) is 5.26 Å². The van der Waals surface area contributed by atoms with Gasteiger partial charge in [-0.2, -0.15) is 5.26 Å². The molecule has 1 rings (SSSR count). The minimum absolute atomic E-state index is 0.110. The van der Waals surface area contributed by atoms with Crippen LogP contribution < -0.4 is 5.56 Å². The van der Waals surface area contributed by atoms with Crippen molar-refractivity contribution in [1.29, 1.82) is 5.26 Å². The summed E-state index contributed by atoms with van der Waals surface area (Å²) < 4.78 is 1.47. The molecule has 0 fully saturated rings. The van der Waals surface area contributed by atoms with Crippen molar-refractivity contribution in [2.75, 3.05) is 0 Å². The van der Waals surface area contributed by atoms with Crippen LogP contribution in [0.5, 0.6) is 0 Å². The number of nitrogens with zero attached hydrogens (tertiary/aromatic N) is 3. The smallest absolute Gasteiger partial charge is 0.271 e. The first kappa shape index (κ1) is 9.46. The highest BCUT2D eigenvalue weighted by Gasteiger charge is 2.01. The molecule has 4 heteroatoms. The highest BCUT2D eigenvalue weighted by atomic mass is 16.1. The van der Waals surface area contributed by atoms with E-state index in [0.717, 1.165) is 12.8 Å². The molecule has 0 aliphatic heterocycles. The number of nitriles is 1. The molecule has 0 aromatic carbocycles. The van der Waals surface area contributed by atoms with E-state index in [1.807, 2.05) is 13.0 Å². The minimum Gasteiger partial charge on any atom is -0.298 e. The lowest BCUT2D eigenvalue weighted by Gasteiger charge is -2.02. The van der Waals surface area contributed by atoms with Gasteiger partial charge < -0.3 is 0 Å². The standard InChI is InChI=1S/C9H11N3O/c1-2-3-4-12-7-11-6-8(5-10)9(12)13/h6-7H,2-4H2,1H3. The largest absolute Gasteiger partial charge is 0.298 e. The Morgan fingerprint density at radius 1 is 1.69 bits per heavy atom. The molecular formula is C9H11N3O. The number of hydrogen-bond acceptors (Lipinski definition) is 3. The van der Waals surface area contributed by atoms with Crippen molar-refractivity contribution in [3.05, 3.63) is 28.4 Å². The molecule has 0 radical (unpaired) electrons. The van der Waals surface area contributed by atoms with E-state index in [-0.39, 0.29) is 11.1 Å². The maximum absolute atomic E-state index is 11.4. The quantitative estimate of drug-likeness (QED) is 0.689. The van der Waals surface area contributed by atoms with Gasteiger partial charge in [-0.25, -0.2) is 4.98 Å². The molecule has 0 saturated heterocycles. The fraction of sp³-hybridized carbons (Fsp3) is 0.444. The molecule has 0 saturated carbocycles. The highest BCUT2D eigenvalue weighted by Crippen LogP contribution is 1.91. The van der Waals surface area contributed by atoms with Gasteiger partial charge in [-0.05, 0) is 6.42 Å². The van der Waals surface area contributed by atoms with Crippen LogP contribution in [-0.4, -0.2) is 9.55 Å². The molecule has 1 aromatic rings. The van der Waals surface area contributed by atoms with E-state index in [1.54, 1.807) is 0 Å². The van der Waals surface area contributed by atoms with Gasteiger partial charge in [0.1, 0.15) is 11.6 Å². The molecule has 0 amide bonds. The molecule has 0 N–H and O–H groups in total. The van der Waals surface area contributed by atoms with Gasteiger partial charge in [-0.3, -0.25) is 9.36 Å². The molecule has 13 heavy (non-hydrogen) atoms. The fourth-order valence-corrected chi connectivity index (χ4v) is 1.02. The second kappa shape index (κ2) is 4.41. The van der Waals surface area contributed by atoms with Gasteiger partial charge >= 0.3 is 0 Å². The molecule has 0 spiro atoms. The van der Waals surface area contributed by atoms with E-state index < -0.39 is 0 Å². The monoisotopic (exact) mass is 177 g/mol. The van der Waals surface area contributed by atoms with Crippen LogP contribution in [0, 0.1) is 11.3 Å². The summed E-state index contributed by atoms with van der Waals surface area (Å²) in [6.07, 6.45) is 4.71. The van der Waals surface area contributed by atoms with E-state index in [1.165, 1.54) is 17.1 Å². The third kappa shape index (κ3) is 2.15. The maximum Gasteiger partial charge on any atom is 0.271 e. The Hall–Kier alpha value is -1.63. The predicted octanol–water partition coefficient (Wildman–Crippen LogP) is 0.915. The van der Waals surface area contributed by atoms with Crippen LogP contribution >= 0.6 is 0 Å². The van der Waals surface area contributed by atoms with Crippen LogP contribution in [0.1, 0.15) is 25.3 Å². The number of aryl methyl sites for hydroxylation is 1. The van der Waals surface area contributed by atoms with Crippen LogP contribution in [0.3, 0.4) is 0 Å². The molecule has 0 aliphatic carbocycles. The van der Waals surface area contributed by atoms with Crippen molar-refractivity contribution in [2.24, 2.45) is 0 Å².